The molecule has 0 saturated carbocycles. The number of nitrogens with zero attached hydrogens (tertiary/aromatic N) is 2. The number of hydrogen-bond donors (Lipinski definition) is 1. The lowest BCUT2D eigenvalue weighted by atomic mass is 10.2. The zero-order chi connectivity index (χ0) is 15.0. The quantitative estimate of drug-likeness (QED) is 0.444. The third-order valence-electron chi connectivity index (χ3n) is 2.58. The van der Waals surface area contributed by atoms with Gasteiger partial charge in [0.25, 0.3) is 0 Å². The second-order valence-corrected chi connectivity index (χ2v) is 4.10. The van der Waals surface area contributed by atoms with Crippen LogP contribution in [0.2, 0.25) is 0 Å². The predicted molar refractivity (Wildman–Crippen MR) is 69.4 cm³/mol. The summed E-state index contributed by atoms with van der Waals surface area (Å²) in [5.41, 5.74) is -0.0416. The van der Waals surface area contributed by atoms with E-state index < -0.39 is 10.9 Å². The van der Waals surface area contributed by atoms with E-state index >= 15 is 0 Å². The van der Waals surface area contributed by atoms with Gasteiger partial charge in [0, 0.05) is 12.5 Å². The molecule has 106 valence electrons. The summed E-state index contributed by atoms with van der Waals surface area (Å²) in [5, 5.41) is 28.0. The fourth-order valence-electron chi connectivity index (χ4n) is 1.59. The van der Waals surface area contributed by atoms with E-state index in [1.54, 1.807) is 0 Å². The van der Waals surface area contributed by atoms with Crippen LogP contribution in [0.1, 0.15) is 31.2 Å². The molecule has 0 fully saturated rings. The van der Waals surface area contributed by atoms with Crippen molar-refractivity contribution in [3.8, 4) is 11.8 Å². The highest BCUT2D eigenvalue weighted by atomic mass is 16.6. The van der Waals surface area contributed by atoms with Gasteiger partial charge in [-0.05, 0) is 31.4 Å². The number of rotatable bonds is 8. The van der Waals surface area contributed by atoms with Gasteiger partial charge in [-0.3, -0.25) is 14.9 Å². The topological polar surface area (TPSA) is 113 Å². The molecule has 0 unspecified atom stereocenters. The van der Waals surface area contributed by atoms with Gasteiger partial charge in [0.2, 0.25) is 0 Å². The molecule has 0 aliphatic heterocycles. The summed E-state index contributed by atoms with van der Waals surface area (Å²) in [6.45, 7) is 0.270. The lowest BCUT2D eigenvalue weighted by Gasteiger charge is -2.06. The zero-order valence-electron chi connectivity index (χ0n) is 10.7. The number of ether oxygens (including phenoxy) is 1. The molecule has 0 bridgehead atoms. The van der Waals surface area contributed by atoms with Crippen LogP contribution in [0.5, 0.6) is 5.75 Å². The molecule has 1 N–H and O–H groups in total. The van der Waals surface area contributed by atoms with Gasteiger partial charge >= 0.3 is 11.7 Å². The van der Waals surface area contributed by atoms with Crippen LogP contribution in [-0.4, -0.2) is 22.6 Å². The minimum atomic E-state index is -0.839. The molecule has 1 aromatic rings. The van der Waals surface area contributed by atoms with Gasteiger partial charge in [-0.25, -0.2) is 0 Å². The van der Waals surface area contributed by atoms with E-state index in [4.69, 9.17) is 15.1 Å². The molecule has 0 aliphatic carbocycles. The Morgan fingerprint density at radius 3 is 2.75 bits per heavy atom. The van der Waals surface area contributed by atoms with Crippen LogP contribution in [0, 0.1) is 21.4 Å². The van der Waals surface area contributed by atoms with Gasteiger partial charge in [0.1, 0.15) is 0 Å². The van der Waals surface area contributed by atoms with Crippen molar-refractivity contribution >= 4 is 11.7 Å². The van der Waals surface area contributed by atoms with Crippen molar-refractivity contribution < 1.29 is 19.6 Å². The Labute approximate surface area is 115 Å². The highest BCUT2D eigenvalue weighted by molar-refractivity contribution is 5.66. The summed E-state index contributed by atoms with van der Waals surface area (Å²) in [4.78, 5) is 20.6. The minimum absolute atomic E-state index is 0.108. The summed E-state index contributed by atoms with van der Waals surface area (Å²) >= 11 is 0. The van der Waals surface area contributed by atoms with Crippen LogP contribution in [0.4, 0.5) is 5.69 Å². The van der Waals surface area contributed by atoms with E-state index in [1.807, 2.05) is 6.07 Å². The highest BCUT2D eigenvalue weighted by Gasteiger charge is 2.15. The lowest BCUT2D eigenvalue weighted by Crippen LogP contribution is -2.01. The summed E-state index contributed by atoms with van der Waals surface area (Å²) in [7, 11) is 0. The molecule has 0 aliphatic rings. The number of carboxylic acids is 1. The Hall–Kier alpha value is -2.62. The van der Waals surface area contributed by atoms with Crippen molar-refractivity contribution in [3.63, 3.8) is 0 Å². The van der Waals surface area contributed by atoms with Gasteiger partial charge in [0.05, 0.1) is 23.2 Å². The van der Waals surface area contributed by atoms with Crippen LogP contribution in [0.25, 0.3) is 0 Å². The number of aliphatic carboxylic acids is 1. The van der Waals surface area contributed by atoms with Gasteiger partial charge in [-0.15, -0.1) is 0 Å². The van der Waals surface area contributed by atoms with Gasteiger partial charge in [-0.2, -0.15) is 5.26 Å². The number of nitro benzene ring substituents is 1. The molecule has 1 aromatic carbocycles. The second-order valence-electron chi connectivity index (χ2n) is 4.10. The molecule has 0 spiro atoms. The molecule has 0 aromatic heterocycles. The Kier molecular flexibility index (Phi) is 5.97. The Balaban J connectivity index is 2.49. The largest absolute Gasteiger partial charge is 0.487 e. The standard InChI is InChI=1S/C13H14N2O5/c14-9-10-5-6-12(11(8-10)15(18)19)20-7-3-1-2-4-13(16)17/h5-6,8H,1-4,7H2,(H,16,17). The van der Waals surface area contributed by atoms with Crippen molar-refractivity contribution in [2.75, 3.05) is 6.61 Å². The maximum absolute atomic E-state index is 10.9. The highest BCUT2D eigenvalue weighted by Crippen LogP contribution is 2.27. The molecule has 0 amide bonds. The molecular formula is C13H14N2O5. The second kappa shape index (κ2) is 7.74. The molecule has 0 radical (unpaired) electrons. The molecule has 0 heterocycles. The van der Waals surface area contributed by atoms with E-state index in [-0.39, 0.29) is 30.0 Å². The predicted octanol–water partition coefficient (Wildman–Crippen LogP) is 2.49. The number of nitriles is 1. The summed E-state index contributed by atoms with van der Waals surface area (Å²) in [6.07, 6.45) is 1.95. The maximum Gasteiger partial charge on any atom is 0.312 e. The van der Waals surface area contributed by atoms with Crippen LogP contribution in [0.15, 0.2) is 18.2 Å². The fourth-order valence-corrected chi connectivity index (χ4v) is 1.59. The Bertz CT molecular complexity index is 536. The van der Waals surface area contributed by atoms with Crippen LogP contribution >= 0.6 is 0 Å². The van der Waals surface area contributed by atoms with Crippen LogP contribution < -0.4 is 4.74 Å². The van der Waals surface area contributed by atoms with Crippen molar-refractivity contribution in [2.24, 2.45) is 0 Å². The van der Waals surface area contributed by atoms with Crippen LogP contribution in [-0.2, 0) is 4.79 Å². The van der Waals surface area contributed by atoms with Gasteiger partial charge in [0.15, 0.2) is 5.75 Å². The fraction of sp³-hybridized carbons (Fsp3) is 0.385. The SMILES string of the molecule is N#Cc1ccc(OCCCCCC(=O)O)c([N+](=O)[O-])c1. The molecule has 0 atom stereocenters. The van der Waals surface area contributed by atoms with E-state index in [2.05, 4.69) is 0 Å². The number of hydrogen-bond acceptors (Lipinski definition) is 5. The zero-order valence-corrected chi connectivity index (χ0v) is 10.7. The third-order valence-corrected chi connectivity index (χ3v) is 2.58. The molecule has 1 rings (SSSR count). The van der Waals surface area contributed by atoms with Crippen molar-refractivity contribution in [1.29, 1.82) is 5.26 Å². The summed E-state index contributed by atoms with van der Waals surface area (Å²) in [5.74, 6) is -0.721. The first kappa shape index (κ1) is 15.4. The monoisotopic (exact) mass is 278 g/mol. The first-order valence-corrected chi connectivity index (χ1v) is 6.07. The lowest BCUT2D eigenvalue weighted by molar-refractivity contribution is -0.385. The van der Waals surface area contributed by atoms with E-state index in [1.165, 1.54) is 18.2 Å². The first-order valence-electron chi connectivity index (χ1n) is 6.07. The van der Waals surface area contributed by atoms with Crippen molar-refractivity contribution in [2.45, 2.75) is 25.7 Å². The average molecular weight is 278 g/mol. The number of unbranched alkanes of at least 4 members (excludes halogenated alkanes) is 2. The third kappa shape index (κ3) is 4.94. The first-order chi connectivity index (χ1) is 9.54. The van der Waals surface area contributed by atoms with Crippen molar-refractivity contribution in [1.82, 2.24) is 0 Å². The maximum atomic E-state index is 10.9. The number of benzene rings is 1. The average Bonchev–Trinajstić information content (AvgIpc) is 2.42. The van der Waals surface area contributed by atoms with E-state index in [9.17, 15) is 14.9 Å². The van der Waals surface area contributed by atoms with E-state index in [0.717, 1.165) is 0 Å². The Morgan fingerprint density at radius 1 is 1.40 bits per heavy atom. The molecule has 20 heavy (non-hydrogen) atoms. The molecule has 0 saturated heterocycles. The number of carboxylic acid groups (broad SMARTS) is 1. The normalized spacial score (nSPS) is 9.75. The van der Waals surface area contributed by atoms with Gasteiger partial charge < -0.3 is 9.84 Å². The van der Waals surface area contributed by atoms with Crippen LogP contribution in [0.3, 0.4) is 0 Å². The minimum Gasteiger partial charge on any atom is -0.487 e. The number of carbonyl (C=O) groups is 1. The summed E-state index contributed by atoms with van der Waals surface area (Å²) < 4.78 is 5.31. The molecule has 7 nitrogen and oxygen atoms in total. The number of nitro groups is 1. The van der Waals surface area contributed by atoms with Gasteiger partial charge in [-0.1, -0.05) is 0 Å². The molecular weight excluding hydrogens is 264 g/mol. The summed E-state index contributed by atoms with van der Waals surface area (Å²) in [6, 6.07) is 5.84. The molecule has 7 heteroatoms. The van der Waals surface area contributed by atoms with E-state index in [0.29, 0.717) is 19.3 Å². The van der Waals surface area contributed by atoms with Crippen molar-refractivity contribution in [3.05, 3.63) is 33.9 Å². The Morgan fingerprint density at radius 2 is 2.15 bits per heavy atom. The smallest absolute Gasteiger partial charge is 0.312 e.